The summed E-state index contributed by atoms with van der Waals surface area (Å²) in [5.41, 5.74) is 3.44. The molecule has 1 aromatic carbocycles. The van der Waals surface area contributed by atoms with Crippen LogP contribution in [0, 0.1) is 11.8 Å². The summed E-state index contributed by atoms with van der Waals surface area (Å²) in [5.74, 6) is 1.70. The molecule has 4 rings (SSSR count). The predicted octanol–water partition coefficient (Wildman–Crippen LogP) is 5.07. The zero-order chi connectivity index (χ0) is 13.7. The Kier molecular flexibility index (Phi) is 4.13. The summed E-state index contributed by atoms with van der Waals surface area (Å²) in [7, 11) is 4.39. The van der Waals surface area contributed by atoms with E-state index >= 15 is 0 Å². The fraction of sp³-hybridized carbons (Fsp3) is 0.444. The van der Waals surface area contributed by atoms with Crippen LogP contribution in [0.15, 0.2) is 35.9 Å². The fourth-order valence-corrected chi connectivity index (χ4v) is 5.29. The van der Waals surface area contributed by atoms with Gasteiger partial charge in [0.05, 0.1) is 0 Å². The highest BCUT2D eigenvalue weighted by Gasteiger charge is 2.39. The summed E-state index contributed by atoms with van der Waals surface area (Å²) >= 11 is 1.99. The summed E-state index contributed by atoms with van der Waals surface area (Å²) in [6.45, 7) is 1.14. The smallest absolute Gasteiger partial charge is 0.0349 e. The first kappa shape index (κ1) is 15.1. The first-order chi connectivity index (χ1) is 9.72. The Morgan fingerprint density at radius 1 is 1.14 bits per heavy atom. The molecule has 1 aromatic heterocycles. The molecule has 0 radical (unpaired) electrons. The molecule has 1 saturated carbocycles. The number of fused-ring (bicyclic) bond motifs is 3. The largest absolute Gasteiger partial charge is 0.305 e. The minimum absolute atomic E-state index is 0. The number of halogens is 1. The van der Waals surface area contributed by atoms with Gasteiger partial charge >= 0.3 is 0 Å². The minimum atomic E-state index is 0. The molecule has 2 atom stereocenters. The number of nitrogens with zero attached hydrogens (tertiary/aromatic N) is 1. The van der Waals surface area contributed by atoms with Crippen LogP contribution in [-0.2, 0) is 0 Å². The van der Waals surface area contributed by atoms with Crippen molar-refractivity contribution in [2.45, 2.75) is 19.3 Å². The minimum Gasteiger partial charge on any atom is -0.305 e. The molecule has 0 N–H and O–H groups in total. The Morgan fingerprint density at radius 3 is 2.67 bits per heavy atom. The van der Waals surface area contributed by atoms with E-state index in [0.717, 1.165) is 18.4 Å². The average molecular weight is 320 g/mol. The Hall–Kier alpha value is -0.830. The summed E-state index contributed by atoms with van der Waals surface area (Å²) in [5, 5.41) is 1.41. The maximum Gasteiger partial charge on any atom is 0.0349 e. The lowest BCUT2D eigenvalue weighted by molar-refractivity contribution is 0.423. The molecule has 1 nitrogen and oxygen atoms in total. The van der Waals surface area contributed by atoms with Crippen molar-refractivity contribution < 1.29 is 0 Å². The molecule has 2 bridgehead atoms. The molecule has 1 fully saturated rings. The van der Waals surface area contributed by atoms with Crippen molar-refractivity contribution in [3.8, 4) is 0 Å². The fourth-order valence-electron chi connectivity index (χ4n) is 4.07. The second-order valence-electron chi connectivity index (χ2n) is 6.53. The average Bonchev–Trinajstić information content (AvgIpc) is 3.10. The number of hydrogen-bond donors (Lipinski definition) is 0. The van der Waals surface area contributed by atoms with E-state index in [2.05, 4.69) is 49.3 Å². The molecule has 21 heavy (non-hydrogen) atoms. The van der Waals surface area contributed by atoms with Crippen LogP contribution < -0.4 is 0 Å². The number of likely N-dealkylation sites (N-methyl/N-ethyl adjacent to an activating group) is 1. The van der Waals surface area contributed by atoms with Crippen LogP contribution in [0.25, 0.3) is 15.7 Å². The van der Waals surface area contributed by atoms with E-state index in [1.807, 2.05) is 11.3 Å². The summed E-state index contributed by atoms with van der Waals surface area (Å²) in [4.78, 5) is 3.87. The highest BCUT2D eigenvalue weighted by Crippen LogP contribution is 2.54. The molecule has 0 aliphatic heterocycles. The number of thiophene rings is 1. The number of rotatable bonds is 3. The summed E-state index contributed by atoms with van der Waals surface area (Å²) in [6.07, 6.45) is 4.24. The Balaban J connectivity index is 0.00000132. The Bertz CT molecular complexity index is 652. The van der Waals surface area contributed by atoms with Gasteiger partial charge in [0.2, 0.25) is 0 Å². The van der Waals surface area contributed by atoms with Gasteiger partial charge in [-0.2, -0.15) is 0 Å². The molecule has 0 amide bonds. The molecule has 2 aliphatic carbocycles. The van der Waals surface area contributed by atoms with E-state index in [-0.39, 0.29) is 12.4 Å². The topological polar surface area (TPSA) is 3.24 Å². The molecule has 112 valence electrons. The quantitative estimate of drug-likeness (QED) is 0.763. The van der Waals surface area contributed by atoms with Gasteiger partial charge in [0.1, 0.15) is 0 Å². The van der Waals surface area contributed by atoms with Crippen LogP contribution in [0.2, 0.25) is 0 Å². The molecule has 2 aliphatic rings. The van der Waals surface area contributed by atoms with Crippen LogP contribution in [0.3, 0.4) is 0 Å². The standard InChI is InChI=1S/C18H21NS.ClH/c1-19(2)11-15-12-7-8-14(9-12)18(15)17-10-13-5-3-4-6-16(13)20-17;/h3-6,10,12,14H,7-9,11H2,1-2H3;1H. The lowest BCUT2D eigenvalue weighted by Gasteiger charge is -2.22. The van der Waals surface area contributed by atoms with Crippen LogP contribution in [0.5, 0.6) is 0 Å². The van der Waals surface area contributed by atoms with E-state index in [1.54, 1.807) is 11.1 Å². The van der Waals surface area contributed by atoms with Crippen molar-refractivity contribution in [2.24, 2.45) is 11.8 Å². The van der Waals surface area contributed by atoms with Gasteiger partial charge in [0.15, 0.2) is 0 Å². The Labute approximate surface area is 137 Å². The molecule has 3 heteroatoms. The van der Waals surface area contributed by atoms with Crippen LogP contribution >= 0.6 is 23.7 Å². The SMILES string of the molecule is CN(C)CC1=C(c2cc3ccccc3s2)C2CCC1C2.Cl. The monoisotopic (exact) mass is 319 g/mol. The highest BCUT2D eigenvalue weighted by molar-refractivity contribution is 7.20. The second-order valence-corrected chi connectivity index (χ2v) is 7.62. The maximum absolute atomic E-state index is 2.42. The van der Waals surface area contributed by atoms with Crippen LogP contribution in [-0.4, -0.2) is 25.5 Å². The van der Waals surface area contributed by atoms with Crippen molar-refractivity contribution in [1.29, 1.82) is 0 Å². The van der Waals surface area contributed by atoms with Gasteiger partial charge in [-0.25, -0.2) is 0 Å². The predicted molar refractivity (Wildman–Crippen MR) is 95.4 cm³/mol. The number of benzene rings is 1. The van der Waals surface area contributed by atoms with E-state index in [9.17, 15) is 0 Å². The van der Waals surface area contributed by atoms with Gasteiger partial charge in [-0.1, -0.05) is 18.2 Å². The summed E-state index contributed by atoms with van der Waals surface area (Å²) in [6, 6.07) is 11.2. The maximum atomic E-state index is 2.42. The third kappa shape index (κ3) is 2.54. The van der Waals surface area contributed by atoms with E-state index in [0.29, 0.717) is 0 Å². The van der Waals surface area contributed by atoms with Crippen molar-refractivity contribution in [3.63, 3.8) is 0 Å². The summed E-state index contributed by atoms with van der Waals surface area (Å²) < 4.78 is 1.43. The third-order valence-electron chi connectivity index (χ3n) is 4.86. The number of hydrogen-bond acceptors (Lipinski definition) is 2. The van der Waals surface area contributed by atoms with Gasteiger partial charge < -0.3 is 4.90 Å². The molecular weight excluding hydrogens is 298 g/mol. The van der Waals surface area contributed by atoms with Gasteiger partial charge in [0, 0.05) is 16.1 Å². The Morgan fingerprint density at radius 2 is 1.90 bits per heavy atom. The van der Waals surface area contributed by atoms with Gasteiger partial charge in [-0.05, 0) is 73.9 Å². The second kappa shape index (κ2) is 5.75. The third-order valence-corrected chi connectivity index (χ3v) is 6.01. The molecule has 1 heterocycles. The van der Waals surface area contributed by atoms with E-state index in [1.165, 1.54) is 34.2 Å². The van der Waals surface area contributed by atoms with Gasteiger partial charge in [-0.15, -0.1) is 23.7 Å². The molecule has 0 saturated heterocycles. The zero-order valence-electron chi connectivity index (χ0n) is 12.6. The van der Waals surface area contributed by atoms with Gasteiger partial charge in [-0.3, -0.25) is 0 Å². The van der Waals surface area contributed by atoms with Crippen molar-refractivity contribution in [3.05, 3.63) is 40.8 Å². The molecule has 2 unspecified atom stereocenters. The zero-order valence-corrected chi connectivity index (χ0v) is 14.3. The normalized spacial score (nSPS) is 24.1. The first-order valence-corrected chi connectivity index (χ1v) is 8.40. The van der Waals surface area contributed by atoms with Crippen molar-refractivity contribution in [1.82, 2.24) is 4.90 Å². The highest BCUT2D eigenvalue weighted by atomic mass is 35.5. The molecule has 0 spiro atoms. The van der Waals surface area contributed by atoms with Crippen LogP contribution in [0.4, 0.5) is 0 Å². The lowest BCUT2D eigenvalue weighted by atomic mass is 9.90. The van der Waals surface area contributed by atoms with Crippen LogP contribution in [0.1, 0.15) is 24.1 Å². The van der Waals surface area contributed by atoms with Gasteiger partial charge in [0.25, 0.3) is 0 Å². The van der Waals surface area contributed by atoms with Crippen molar-refractivity contribution >= 4 is 39.4 Å². The first-order valence-electron chi connectivity index (χ1n) is 7.59. The molecular formula is C18H22ClNS. The van der Waals surface area contributed by atoms with E-state index in [4.69, 9.17) is 0 Å². The molecule has 2 aromatic rings. The number of allylic oxidation sites excluding steroid dienone is 1. The van der Waals surface area contributed by atoms with Crippen molar-refractivity contribution in [2.75, 3.05) is 20.6 Å². The van der Waals surface area contributed by atoms with E-state index < -0.39 is 0 Å². The lowest BCUT2D eigenvalue weighted by Crippen LogP contribution is -2.19.